The minimum atomic E-state index is 0.0278. The molecule has 0 aliphatic carbocycles. The minimum absolute atomic E-state index is 0.0278. The van der Waals surface area contributed by atoms with Crippen molar-refractivity contribution in [1.82, 2.24) is 10.7 Å². The van der Waals surface area contributed by atoms with Gasteiger partial charge in [-0.25, -0.2) is 0 Å². The summed E-state index contributed by atoms with van der Waals surface area (Å²) >= 11 is 1.55. The van der Waals surface area contributed by atoms with Gasteiger partial charge >= 0.3 is 0 Å². The SMILES string of the molecule is [C]1SCC2ONON12. The van der Waals surface area contributed by atoms with Gasteiger partial charge in [0.25, 0.3) is 0 Å². The molecule has 0 aromatic heterocycles. The Bertz CT molecular complexity index is 81.3. The molecule has 1 N–H and O–H groups in total. The topological polar surface area (TPSA) is 33.7 Å². The first-order valence-corrected chi connectivity index (χ1v) is 3.19. The zero-order valence-corrected chi connectivity index (χ0v) is 4.77. The molecule has 0 amide bonds. The fraction of sp³-hybridized carbons (Fsp3) is 0.667. The molecule has 2 fully saturated rings. The van der Waals surface area contributed by atoms with Gasteiger partial charge in [-0.2, -0.15) is 4.94 Å². The van der Waals surface area contributed by atoms with Crippen molar-refractivity contribution >= 4 is 11.8 Å². The van der Waals surface area contributed by atoms with Crippen molar-refractivity contribution in [3.63, 3.8) is 0 Å². The molecule has 0 bridgehead atoms. The van der Waals surface area contributed by atoms with Crippen molar-refractivity contribution in [2.75, 3.05) is 5.75 Å². The van der Waals surface area contributed by atoms with Crippen molar-refractivity contribution in [1.29, 1.82) is 0 Å². The average molecular weight is 132 g/mol. The Morgan fingerprint density at radius 1 is 1.88 bits per heavy atom. The molecule has 0 aromatic carbocycles. The second-order valence-corrected chi connectivity index (χ2v) is 2.28. The highest BCUT2D eigenvalue weighted by Crippen LogP contribution is 2.27. The molecule has 1 atom stereocenters. The van der Waals surface area contributed by atoms with Crippen LogP contribution in [0.25, 0.3) is 0 Å². The molecule has 0 spiro atoms. The maximum atomic E-state index is 4.85. The average Bonchev–Trinajstić information content (AvgIpc) is 2.15. The molecule has 0 saturated carbocycles. The Morgan fingerprint density at radius 3 is 3.75 bits per heavy atom. The van der Waals surface area contributed by atoms with E-state index in [1.54, 1.807) is 11.8 Å². The van der Waals surface area contributed by atoms with Crippen LogP contribution in [-0.4, -0.2) is 17.0 Å². The van der Waals surface area contributed by atoms with Crippen LogP contribution < -0.4 is 5.64 Å². The summed E-state index contributed by atoms with van der Waals surface area (Å²) in [5.74, 6) is 3.74. The monoisotopic (exact) mass is 132 g/mol. The number of nitrogens with zero attached hydrogens (tertiary/aromatic N) is 1. The molecule has 4 nitrogen and oxygen atoms in total. The molecule has 2 heterocycles. The fourth-order valence-corrected chi connectivity index (χ4v) is 1.28. The summed E-state index contributed by atoms with van der Waals surface area (Å²) in [6.45, 7) is 0. The first-order chi connectivity index (χ1) is 3.97. The van der Waals surface area contributed by atoms with E-state index in [1.807, 2.05) is 0 Å². The van der Waals surface area contributed by atoms with Crippen molar-refractivity contribution in [3.8, 4) is 0 Å². The Labute approximate surface area is 51.0 Å². The molecule has 5 heteroatoms. The minimum Gasteiger partial charge on any atom is -0.253 e. The van der Waals surface area contributed by atoms with Crippen molar-refractivity contribution < 1.29 is 9.78 Å². The summed E-state index contributed by atoms with van der Waals surface area (Å²) in [6, 6.07) is 0. The third-order valence-corrected chi connectivity index (χ3v) is 1.72. The van der Waals surface area contributed by atoms with Crippen LogP contribution in [0.4, 0.5) is 0 Å². The molecule has 1 unspecified atom stereocenters. The lowest BCUT2D eigenvalue weighted by Gasteiger charge is -2.01. The second kappa shape index (κ2) is 1.85. The molecular weight excluding hydrogens is 128 g/mol. The van der Waals surface area contributed by atoms with Crippen molar-refractivity contribution in [3.05, 3.63) is 5.88 Å². The maximum absolute atomic E-state index is 4.85. The predicted octanol–water partition coefficient (Wildman–Crippen LogP) is -0.261. The number of fused-ring (bicyclic) bond motifs is 1. The van der Waals surface area contributed by atoms with Gasteiger partial charge in [-0.1, -0.05) is 5.64 Å². The van der Waals surface area contributed by atoms with E-state index in [1.165, 1.54) is 5.06 Å². The van der Waals surface area contributed by atoms with Crippen LogP contribution in [0.1, 0.15) is 0 Å². The highest BCUT2D eigenvalue weighted by atomic mass is 32.2. The zero-order valence-electron chi connectivity index (χ0n) is 3.96. The van der Waals surface area contributed by atoms with Crippen LogP contribution in [0.3, 0.4) is 0 Å². The Kier molecular flexibility index (Phi) is 1.16. The van der Waals surface area contributed by atoms with E-state index in [9.17, 15) is 0 Å². The lowest BCUT2D eigenvalue weighted by molar-refractivity contribution is -0.161. The van der Waals surface area contributed by atoms with E-state index in [-0.39, 0.29) is 6.23 Å². The lowest BCUT2D eigenvalue weighted by Crippen LogP contribution is -2.20. The predicted molar refractivity (Wildman–Crippen MR) is 26.6 cm³/mol. The van der Waals surface area contributed by atoms with E-state index in [0.717, 1.165) is 5.75 Å². The molecule has 2 aliphatic rings. The van der Waals surface area contributed by atoms with Crippen molar-refractivity contribution in [2.24, 2.45) is 0 Å². The van der Waals surface area contributed by atoms with Gasteiger partial charge in [-0.05, 0) is 0 Å². The molecular formula is C3H4N2O2S. The second-order valence-electron chi connectivity index (χ2n) is 1.48. The molecule has 2 rings (SSSR count). The highest BCUT2D eigenvalue weighted by molar-refractivity contribution is 8.01. The highest BCUT2D eigenvalue weighted by Gasteiger charge is 2.33. The molecule has 44 valence electrons. The van der Waals surface area contributed by atoms with Crippen LogP contribution in [0.2, 0.25) is 0 Å². The molecule has 2 aliphatic heterocycles. The Hall–Kier alpha value is 0.190. The first-order valence-electron chi connectivity index (χ1n) is 2.21. The quantitative estimate of drug-likeness (QED) is 0.491. The number of hydroxylamine groups is 2. The number of hydrogen-bond donors (Lipinski definition) is 1. The summed E-state index contributed by atoms with van der Waals surface area (Å²) in [7, 11) is 0. The summed E-state index contributed by atoms with van der Waals surface area (Å²) < 4.78 is 0. The molecule has 8 heavy (non-hydrogen) atoms. The molecule has 2 radical (unpaired) electrons. The normalized spacial score (nSPS) is 38.2. The summed E-state index contributed by atoms with van der Waals surface area (Å²) in [6.07, 6.45) is 0.0278. The van der Waals surface area contributed by atoms with Crippen LogP contribution in [0.15, 0.2) is 0 Å². The number of thioether (sulfide) groups is 1. The fourth-order valence-electron chi connectivity index (χ4n) is 0.575. The Morgan fingerprint density at radius 2 is 2.88 bits per heavy atom. The van der Waals surface area contributed by atoms with E-state index < -0.39 is 0 Å². The third-order valence-electron chi connectivity index (χ3n) is 0.962. The van der Waals surface area contributed by atoms with Gasteiger partial charge in [0.05, 0.1) is 0 Å². The van der Waals surface area contributed by atoms with Crippen LogP contribution in [0, 0.1) is 5.88 Å². The third kappa shape index (κ3) is 0.636. The van der Waals surface area contributed by atoms with Crippen LogP contribution >= 0.6 is 11.8 Å². The van der Waals surface area contributed by atoms with E-state index >= 15 is 0 Å². The number of hydrogen-bond acceptors (Lipinski definition) is 5. The summed E-state index contributed by atoms with van der Waals surface area (Å²) in [5, 5.41) is 1.52. The summed E-state index contributed by atoms with van der Waals surface area (Å²) in [4.78, 5) is 9.55. The van der Waals surface area contributed by atoms with Gasteiger partial charge in [-0.15, -0.1) is 16.8 Å². The van der Waals surface area contributed by atoms with Gasteiger partial charge in [0, 0.05) is 5.75 Å². The van der Waals surface area contributed by atoms with Gasteiger partial charge in [-0.3, -0.25) is 4.84 Å². The molecule has 2 saturated heterocycles. The van der Waals surface area contributed by atoms with E-state index in [2.05, 4.69) is 11.5 Å². The van der Waals surface area contributed by atoms with Gasteiger partial charge in [0.1, 0.15) is 0 Å². The maximum Gasteiger partial charge on any atom is 0.169 e. The van der Waals surface area contributed by atoms with Gasteiger partial charge < -0.3 is 0 Å². The number of nitrogens with one attached hydrogen (secondary N) is 1. The summed E-state index contributed by atoms with van der Waals surface area (Å²) in [5.41, 5.74) is 2.27. The largest absolute Gasteiger partial charge is 0.253 e. The van der Waals surface area contributed by atoms with Crippen LogP contribution in [-0.2, 0) is 9.78 Å². The van der Waals surface area contributed by atoms with Gasteiger partial charge in [0.2, 0.25) is 0 Å². The van der Waals surface area contributed by atoms with E-state index in [0.29, 0.717) is 0 Å². The standard InChI is InChI=1S/C3H4N2O2S/c1-3-5(2-8-1)7-4-6-3/h3-4H,1H2. The Balaban J connectivity index is 2.04. The smallest absolute Gasteiger partial charge is 0.169 e. The zero-order chi connectivity index (χ0) is 5.40. The lowest BCUT2D eigenvalue weighted by atomic mass is 10.7. The van der Waals surface area contributed by atoms with Crippen molar-refractivity contribution in [2.45, 2.75) is 6.23 Å². The van der Waals surface area contributed by atoms with Crippen LogP contribution in [0.5, 0.6) is 0 Å². The van der Waals surface area contributed by atoms with E-state index in [4.69, 9.17) is 9.78 Å². The number of rotatable bonds is 0. The van der Waals surface area contributed by atoms with Gasteiger partial charge in [0.15, 0.2) is 12.1 Å². The molecule has 0 aromatic rings. The first kappa shape index (κ1) is 5.01.